The zero-order chi connectivity index (χ0) is 31.8. The molecule has 0 heterocycles. The van der Waals surface area contributed by atoms with Gasteiger partial charge in [-0.3, -0.25) is 4.79 Å². The molecule has 1 aromatic carbocycles. The van der Waals surface area contributed by atoms with Crippen molar-refractivity contribution in [3.8, 4) is 0 Å². The quantitative estimate of drug-likeness (QED) is 0.839. The molecule has 4 heteroatoms. The summed E-state index contributed by atoms with van der Waals surface area (Å²) in [5.74, 6) is -17.4. The van der Waals surface area contributed by atoms with Crippen molar-refractivity contribution in [1.82, 2.24) is 5.32 Å². The number of hydrogen-bond donors (Lipinski definition) is 2. The van der Waals surface area contributed by atoms with E-state index in [1.165, 1.54) is 24.3 Å². The van der Waals surface area contributed by atoms with Crippen LogP contribution in [0.5, 0.6) is 0 Å². The summed E-state index contributed by atoms with van der Waals surface area (Å²) in [5.41, 5.74) is 0.314. The molecule has 1 aromatic rings. The molecular weight excluding hydrogens is 290 g/mol. The summed E-state index contributed by atoms with van der Waals surface area (Å²) in [5, 5.41) is 11.3. The van der Waals surface area contributed by atoms with Crippen LogP contribution in [0.15, 0.2) is 30.3 Å². The van der Waals surface area contributed by atoms with Gasteiger partial charge in [-0.05, 0) is 42.8 Å². The third-order valence-corrected chi connectivity index (χ3v) is 2.99. The highest BCUT2D eigenvalue weighted by Crippen LogP contribution is 2.33. The fourth-order valence-electron chi connectivity index (χ4n) is 1.83. The number of benzene rings is 1. The molecule has 1 fully saturated rings. The molecule has 0 aliphatic heterocycles. The Balaban J connectivity index is 2.86. The standard InChI is InChI=1S/C19H27NO3/c1-13(2)15-8-10-16(11-9-15)18(21)20-17(19(22)23)12-14-6-4-3-5-7-14/h3-7,13,15-17H,8-12H2,1-2H3,(H,20,21)(H,22,23)/t15-,16-,17-/m1/s1/i1D3,2D3,8D2,9D2,10D2,11D2,13D,15D,16D. The second-order valence-electron chi connectivity index (χ2n) is 4.68. The van der Waals surface area contributed by atoms with Gasteiger partial charge in [-0.1, -0.05) is 44.0 Å². The average molecular weight is 335 g/mol. The van der Waals surface area contributed by atoms with Gasteiger partial charge in [0.2, 0.25) is 5.91 Å². The maximum Gasteiger partial charge on any atom is 0.326 e. The monoisotopic (exact) mass is 334 g/mol. The second kappa shape index (κ2) is 8.14. The van der Waals surface area contributed by atoms with Crippen LogP contribution in [0, 0.1) is 17.7 Å². The third kappa shape index (κ3) is 5.08. The van der Waals surface area contributed by atoms with Crippen molar-refractivity contribution in [2.24, 2.45) is 17.7 Å². The summed E-state index contributed by atoms with van der Waals surface area (Å²) >= 11 is 0. The summed E-state index contributed by atoms with van der Waals surface area (Å²) in [6.07, 6.45) is -18.4. The molecule has 2 rings (SSSR count). The summed E-state index contributed by atoms with van der Waals surface area (Å²) in [6, 6.07) is 5.54. The predicted molar refractivity (Wildman–Crippen MR) is 90.0 cm³/mol. The molecule has 0 spiro atoms. The summed E-state index contributed by atoms with van der Waals surface area (Å²) in [4.78, 5) is 25.2. The normalized spacial score (nSPS) is 50.2. The van der Waals surface area contributed by atoms with Gasteiger partial charge in [0.1, 0.15) is 6.04 Å². The van der Waals surface area contributed by atoms with Gasteiger partial charge in [-0.2, -0.15) is 0 Å². The molecule has 2 N–H and O–H groups in total. The molecule has 0 unspecified atom stereocenters. The number of carboxylic acids is 1. The SMILES string of the molecule is [2H]C([2H])([2H])C([2H])(C([2H])([2H])[2H])[C@]1([2H])C([2H])([2H])C([2H])([2H])[C@@]([2H])(C(=O)N[C@H](Cc2ccccc2)C(=O)O)C([2H])([2H])C1([2H])[2H]. The van der Waals surface area contributed by atoms with Crippen LogP contribution >= 0.6 is 0 Å². The Bertz CT molecular complexity index is 1100. The van der Waals surface area contributed by atoms with Gasteiger partial charge >= 0.3 is 5.97 Å². The van der Waals surface area contributed by atoms with E-state index in [0.717, 1.165) is 0 Å². The van der Waals surface area contributed by atoms with Crippen LogP contribution in [0.2, 0.25) is 0 Å². The fraction of sp³-hybridized carbons (Fsp3) is 0.579. The number of hydrogen-bond acceptors (Lipinski definition) is 2. The number of carbonyl (C=O) groups excluding carboxylic acids is 1. The van der Waals surface area contributed by atoms with E-state index in [9.17, 15) is 14.7 Å². The molecule has 1 atom stereocenters. The molecule has 0 saturated heterocycles. The Morgan fingerprint density at radius 3 is 2.57 bits per heavy atom. The first-order valence-electron chi connectivity index (χ1n) is 15.1. The van der Waals surface area contributed by atoms with Crippen molar-refractivity contribution < 1.29 is 38.0 Å². The average Bonchev–Trinajstić information content (AvgIpc) is 2.79. The number of amides is 1. The van der Waals surface area contributed by atoms with E-state index >= 15 is 0 Å². The van der Waals surface area contributed by atoms with E-state index in [1.54, 1.807) is 11.4 Å². The highest BCUT2D eigenvalue weighted by atomic mass is 16.4. The van der Waals surface area contributed by atoms with Crippen LogP contribution in [0.1, 0.15) is 68.1 Å². The van der Waals surface area contributed by atoms with Crippen LogP contribution < -0.4 is 5.32 Å². The molecule has 1 aliphatic carbocycles. The van der Waals surface area contributed by atoms with Gasteiger partial charge in [-0.15, -0.1) is 0 Å². The van der Waals surface area contributed by atoms with Crippen LogP contribution in [0.3, 0.4) is 0 Å². The molecular formula is C19H27NO3. The molecule has 0 bridgehead atoms. The largest absolute Gasteiger partial charge is 0.480 e. The first kappa shape index (κ1) is 5.61. The molecule has 126 valence electrons. The molecule has 1 aliphatic rings. The Kier molecular flexibility index (Phi) is 1.98. The second-order valence-corrected chi connectivity index (χ2v) is 4.68. The number of aliphatic carboxylic acids is 1. The number of rotatable bonds is 6. The third-order valence-electron chi connectivity index (χ3n) is 2.99. The van der Waals surface area contributed by atoms with Crippen LogP contribution in [0.25, 0.3) is 0 Å². The van der Waals surface area contributed by atoms with Gasteiger partial charge in [-0.25, -0.2) is 4.79 Å². The van der Waals surface area contributed by atoms with E-state index in [0.29, 0.717) is 5.56 Å². The van der Waals surface area contributed by atoms with Crippen LogP contribution in [-0.2, 0) is 16.0 Å². The lowest BCUT2D eigenvalue weighted by atomic mass is 9.76. The minimum atomic E-state index is -4.66. The van der Waals surface area contributed by atoms with E-state index in [-0.39, 0.29) is 0 Å². The van der Waals surface area contributed by atoms with Crippen LogP contribution in [-0.4, -0.2) is 23.0 Å². The predicted octanol–water partition coefficient (Wildman–Crippen LogP) is 3.26. The first-order valence-corrected chi connectivity index (χ1v) is 6.63. The van der Waals surface area contributed by atoms with Gasteiger partial charge in [0.15, 0.2) is 0 Å². The lowest BCUT2D eigenvalue weighted by Gasteiger charge is -2.30. The Labute approximate surface area is 162 Å². The van der Waals surface area contributed by atoms with Crippen molar-refractivity contribution in [3.05, 3.63) is 35.9 Å². The zero-order valence-electron chi connectivity index (χ0n) is 28.9. The summed E-state index contributed by atoms with van der Waals surface area (Å²) < 4.78 is 138. The lowest BCUT2D eigenvalue weighted by Crippen LogP contribution is -2.45. The van der Waals surface area contributed by atoms with Gasteiger partial charge in [0, 0.05) is 35.6 Å². The molecule has 23 heavy (non-hydrogen) atoms. The van der Waals surface area contributed by atoms with E-state index in [1.807, 2.05) is 0 Å². The van der Waals surface area contributed by atoms with Gasteiger partial charge in [0.25, 0.3) is 0 Å². The number of carboxylic acid groups (broad SMARTS) is 1. The molecule has 1 saturated carbocycles. The van der Waals surface area contributed by atoms with E-state index in [2.05, 4.69) is 0 Å². The summed E-state index contributed by atoms with van der Waals surface area (Å²) in [7, 11) is 0. The van der Waals surface area contributed by atoms with E-state index in [4.69, 9.17) is 23.3 Å². The molecule has 0 aromatic heterocycles. The van der Waals surface area contributed by atoms with Crippen molar-refractivity contribution in [2.45, 2.75) is 51.7 Å². The highest BCUT2D eigenvalue weighted by Gasteiger charge is 2.30. The van der Waals surface area contributed by atoms with Crippen molar-refractivity contribution in [3.63, 3.8) is 0 Å². The fourth-order valence-corrected chi connectivity index (χ4v) is 1.83. The van der Waals surface area contributed by atoms with Crippen molar-refractivity contribution in [2.75, 3.05) is 0 Å². The molecule has 4 nitrogen and oxygen atoms in total. The number of nitrogens with one attached hydrogen (secondary N) is 1. The number of carbonyl (C=O) groups is 2. The van der Waals surface area contributed by atoms with Crippen molar-refractivity contribution in [1.29, 1.82) is 0 Å². The topological polar surface area (TPSA) is 66.4 Å². The van der Waals surface area contributed by atoms with E-state index < -0.39 is 81.2 Å². The Hall–Kier alpha value is -1.84. The minimum absolute atomic E-state index is 0.314. The Morgan fingerprint density at radius 1 is 1.35 bits per heavy atom. The summed E-state index contributed by atoms with van der Waals surface area (Å²) in [6.45, 7) is -8.50. The van der Waals surface area contributed by atoms with Gasteiger partial charge < -0.3 is 10.4 Å². The molecule has 1 amide bonds. The smallest absolute Gasteiger partial charge is 0.326 e. The van der Waals surface area contributed by atoms with Crippen LogP contribution in [0.4, 0.5) is 0 Å². The maximum absolute atomic E-state index is 13.4. The minimum Gasteiger partial charge on any atom is -0.480 e. The maximum atomic E-state index is 13.4. The highest BCUT2D eigenvalue weighted by molar-refractivity contribution is 5.85. The zero-order valence-corrected chi connectivity index (χ0v) is 11.9. The van der Waals surface area contributed by atoms with Gasteiger partial charge in [0.05, 0.1) is 0 Å². The Morgan fingerprint density at radius 2 is 2.00 bits per heavy atom. The molecule has 0 radical (unpaired) electrons. The van der Waals surface area contributed by atoms with Crippen molar-refractivity contribution >= 4 is 11.9 Å². The lowest BCUT2D eigenvalue weighted by molar-refractivity contribution is -0.142. The first-order chi connectivity index (χ1) is 17.6.